The van der Waals surface area contributed by atoms with Crippen LogP contribution in [0.5, 0.6) is 0 Å². The lowest BCUT2D eigenvalue weighted by Crippen LogP contribution is -2.03. The standard InChI is InChI=1S/C8H8ClNO2S/c1-12-7(11)5-13-8-6(9)3-2-4-10-8/h2-4H,5H2,1H3. The summed E-state index contributed by atoms with van der Waals surface area (Å²) in [7, 11) is 1.35. The number of pyridine rings is 1. The van der Waals surface area contributed by atoms with Gasteiger partial charge in [-0.25, -0.2) is 4.98 Å². The molecule has 0 spiro atoms. The average molecular weight is 218 g/mol. The van der Waals surface area contributed by atoms with Gasteiger partial charge in [0.05, 0.1) is 17.9 Å². The predicted octanol–water partition coefficient (Wildman–Crippen LogP) is 2.00. The third-order valence-corrected chi connectivity index (χ3v) is 2.67. The van der Waals surface area contributed by atoms with Gasteiger partial charge in [-0.3, -0.25) is 4.79 Å². The number of ether oxygens (including phenoxy) is 1. The van der Waals surface area contributed by atoms with Crippen LogP contribution >= 0.6 is 23.4 Å². The fourth-order valence-electron chi connectivity index (χ4n) is 0.664. The lowest BCUT2D eigenvalue weighted by atomic mass is 10.5. The summed E-state index contributed by atoms with van der Waals surface area (Å²) in [5.74, 6) is -0.0560. The molecule has 0 aromatic carbocycles. The third-order valence-electron chi connectivity index (χ3n) is 1.28. The maximum atomic E-state index is 10.8. The Bertz CT molecular complexity index is 306. The second-order valence-electron chi connectivity index (χ2n) is 2.16. The van der Waals surface area contributed by atoms with E-state index in [1.54, 1.807) is 18.3 Å². The van der Waals surface area contributed by atoms with Crippen molar-refractivity contribution in [3.63, 3.8) is 0 Å². The van der Waals surface area contributed by atoms with E-state index in [2.05, 4.69) is 9.72 Å². The Kier molecular flexibility index (Phi) is 4.05. The van der Waals surface area contributed by atoms with Crippen molar-refractivity contribution in [2.24, 2.45) is 0 Å². The molecule has 1 rings (SSSR count). The summed E-state index contributed by atoms with van der Waals surface area (Å²) in [6, 6.07) is 3.47. The van der Waals surface area contributed by atoms with Crippen molar-refractivity contribution < 1.29 is 9.53 Å². The molecule has 0 saturated carbocycles. The molecule has 0 N–H and O–H groups in total. The summed E-state index contributed by atoms with van der Waals surface area (Å²) in [4.78, 5) is 14.8. The van der Waals surface area contributed by atoms with Crippen molar-refractivity contribution in [3.05, 3.63) is 23.4 Å². The normalized spacial score (nSPS) is 9.69. The highest BCUT2D eigenvalue weighted by atomic mass is 35.5. The Hall–Kier alpha value is -0.740. The molecular weight excluding hydrogens is 210 g/mol. The maximum Gasteiger partial charge on any atom is 0.316 e. The SMILES string of the molecule is COC(=O)CSc1ncccc1Cl. The number of nitrogens with zero attached hydrogens (tertiary/aromatic N) is 1. The quantitative estimate of drug-likeness (QED) is 0.574. The number of aromatic nitrogens is 1. The van der Waals surface area contributed by atoms with Crippen LogP contribution in [-0.4, -0.2) is 23.8 Å². The van der Waals surface area contributed by atoms with Gasteiger partial charge in [-0.15, -0.1) is 0 Å². The second kappa shape index (κ2) is 5.09. The van der Waals surface area contributed by atoms with Gasteiger partial charge in [-0.1, -0.05) is 23.4 Å². The van der Waals surface area contributed by atoms with E-state index in [-0.39, 0.29) is 11.7 Å². The second-order valence-corrected chi connectivity index (χ2v) is 3.53. The van der Waals surface area contributed by atoms with Crippen LogP contribution in [-0.2, 0) is 9.53 Å². The highest BCUT2D eigenvalue weighted by Gasteiger charge is 2.05. The van der Waals surface area contributed by atoms with Crippen LogP contribution in [0.2, 0.25) is 5.02 Å². The number of halogens is 1. The summed E-state index contributed by atoms with van der Waals surface area (Å²) in [6.07, 6.45) is 1.63. The first-order valence-corrected chi connectivity index (χ1v) is 4.90. The van der Waals surface area contributed by atoms with E-state index < -0.39 is 0 Å². The monoisotopic (exact) mass is 217 g/mol. The molecule has 0 aliphatic rings. The van der Waals surface area contributed by atoms with Crippen LogP contribution < -0.4 is 0 Å². The number of methoxy groups -OCH3 is 1. The van der Waals surface area contributed by atoms with Crippen molar-refractivity contribution in [1.29, 1.82) is 0 Å². The van der Waals surface area contributed by atoms with Crippen LogP contribution in [0.25, 0.3) is 0 Å². The Morgan fingerprint density at radius 3 is 3.15 bits per heavy atom. The number of esters is 1. The van der Waals surface area contributed by atoms with E-state index in [4.69, 9.17) is 11.6 Å². The zero-order valence-electron chi connectivity index (χ0n) is 6.99. The molecule has 0 aliphatic heterocycles. The van der Waals surface area contributed by atoms with E-state index in [1.807, 2.05) is 0 Å². The maximum absolute atomic E-state index is 10.8. The van der Waals surface area contributed by atoms with E-state index in [0.29, 0.717) is 10.0 Å². The fourth-order valence-corrected chi connectivity index (χ4v) is 1.66. The van der Waals surface area contributed by atoms with Gasteiger partial charge >= 0.3 is 5.97 Å². The zero-order valence-corrected chi connectivity index (χ0v) is 8.56. The van der Waals surface area contributed by atoms with Crippen LogP contribution in [0.15, 0.2) is 23.4 Å². The van der Waals surface area contributed by atoms with Crippen molar-refractivity contribution >= 4 is 29.3 Å². The van der Waals surface area contributed by atoms with Gasteiger partial charge in [0.25, 0.3) is 0 Å². The molecule has 0 aliphatic carbocycles. The summed E-state index contributed by atoms with van der Waals surface area (Å²) >= 11 is 7.08. The average Bonchev–Trinajstić information content (AvgIpc) is 2.16. The molecular formula is C8H8ClNO2S. The number of carbonyl (C=O) groups is 1. The first-order chi connectivity index (χ1) is 6.24. The Labute approximate surface area is 85.4 Å². The van der Waals surface area contributed by atoms with Gasteiger partial charge in [-0.2, -0.15) is 0 Å². The summed E-state index contributed by atoms with van der Waals surface area (Å²) < 4.78 is 4.48. The van der Waals surface area contributed by atoms with Crippen LogP contribution in [0.3, 0.4) is 0 Å². The first-order valence-electron chi connectivity index (χ1n) is 3.54. The molecule has 0 atom stereocenters. The number of hydrogen-bond acceptors (Lipinski definition) is 4. The van der Waals surface area contributed by atoms with Crippen LogP contribution in [0, 0.1) is 0 Å². The molecule has 0 unspecified atom stereocenters. The Morgan fingerprint density at radius 2 is 2.54 bits per heavy atom. The first kappa shape index (κ1) is 10.3. The minimum Gasteiger partial charge on any atom is -0.468 e. The smallest absolute Gasteiger partial charge is 0.316 e. The molecule has 1 heterocycles. The molecule has 0 saturated heterocycles. The molecule has 1 aromatic heterocycles. The lowest BCUT2D eigenvalue weighted by Gasteiger charge is -2.00. The van der Waals surface area contributed by atoms with E-state index in [0.717, 1.165) is 0 Å². The lowest BCUT2D eigenvalue weighted by molar-refractivity contribution is -0.137. The van der Waals surface area contributed by atoms with Crippen LogP contribution in [0.1, 0.15) is 0 Å². The molecule has 0 bridgehead atoms. The van der Waals surface area contributed by atoms with Gasteiger partial charge in [0, 0.05) is 6.20 Å². The van der Waals surface area contributed by atoms with Crippen molar-refractivity contribution in [2.45, 2.75) is 5.03 Å². The summed E-state index contributed by atoms with van der Waals surface area (Å²) in [6.45, 7) is 0. The topological polar surface area (TPSA) is 39.2 Å². The molecule has 70 valence electrons. The Balaban J connectivity index is 2.54. The zero-order chi connectivity index (χ0) is 9.68. The largest absolute Gasteiger partial charge is 0.468 e. The number of hydrogen-bond donors (Lipinski definition) is 0. The molecule has 5 heteroatoms. The highest BCUT2D eigenvalue weighted by molar-refractivity contribution is 8.00. The van der Waals surface area contributed by atoms with E-state index >= 15 is 0 Å². The number of carbonyl (C=O) groups excluding carboxylic acids is 1. The van der Waals surface area contributed by atoms with Crippen molar-refractivity contribution in [3.8, 4) is 0 Å². The number of rotatable bonds is 3. The molecule has 3 nitrogen and oxygen atoms in total. The molecule has 0 fully saturated rings. The minimum absolute atomic E-state index is 0.229. The number of thioether (sulfide) groups is 1. The van der Waals surface area contributed by atoms with Gasteiger partial charge in [0.1, 0.15) is 5.03 Å². The van der Waals surface area contributed by atoms with Gasteiger partial charge in [-0.05, 0) is 12.1 Å². The van der Waals surface area contributed by atoms with Gasteiger partial charge in [0.15, 0.2) is 0 Å². The highest BCUT2D eigenvalue weighted by Crippen LogP contribution is 2.23. The fraction of sp³-hybridized carbons (Fsp3) is 0.250. The predicted molar refractivity (Wildman–Crippen MR) is 52.0 cm³/mol. The minimum atomic E-state index is -0.285. The summed E-state index contributed by atoms with van der Waals surface area (Å²) in [5, 5.41) is 1.20. The van der Waals surface area contributed by atoms with Crippen molar-refractivity contribution in [2.75, 3.05) is 12.9 Å². The van der Waals surface area contributed by atoms with Crippen LogP contribution in [0.4, 0.5) is 0 Å². The summed E-state index contributed by atoms with van der Waals surface area (Å²) in [5.41, 5.74) is 0. The molecule has 13 heavy (non-hydrogen) atoms. The van der Waals surface area contributed by atoms with Gasteiger partial charge in [0.2, 0.25) is 0 Å². The molecule has 1 aromatic rings. The Morgan fingerprint density at radius 1 is 1.77 bits per heavy atom. The van der Waals surface area contributed by atoms with E-state index in [9.17, 15) is 4.79 Å². The third kappa shape index (κ3) is 3.24. The molecule has 0 radical (unpaired) electrons. The van der Waals surface area contributed by atoms with Crippen molar-refractivity contribution in [1.82, 2.24) is 4.98 Å². The molecule has 0 amide bonds. The van der Waals surface area contributed by atoms with Gasteiger partial charge < -0.3 is 4.74 Å². The van der Waals surface area contributed by atoms with E-state index in [1.165, 1.54) is 18.9 Å².